The van der Waals surface area contributed by atoms with Crippen molar-refractivity contribution >= 4 is 53.3 Å². The van der Waals surface area contributed by atoms with Gasteiger partial charge in [0.25, 0.3) is 0 Å². The van der Waals surface area contributed by atoms with Crippen LogP contribution in [0.5, 0.6) is 0 Å². The van der Waals surface area contributed by atoms with E-state index in [2.05, 4.69) is 6.92 Å². The van der Waals surface area contributed by atoms with E-state index in [1.54, 1.807) is 17.8 Å². The maximum Gasteiger partial charge on any atom is 0.232 e. The Labute approximate surface area is 152 Å². The molecule has 2 rings (SSSR count). The third kappa shape index (κ3) is 5.20. The molecule has 0 spiro atoms. The van der Waals surface area contributed by atoms with E-state index in [9.17, 15) is 4.79 Å². The van der Waals surface area contributed by atoms with Crippen molar-refractivity contribution in [1.82, 2.24) is 4.90 Å². The number of nitrogens with two attached hydrogens (primary N) is 1. The van der Waals surface area contributed by atoms with E-state index in [0.717, 1.165) is 25.1 Å². The predicted molar refractivity (Wildman–Crippen MR) is 98.2 cm³/mol. The van der Waals surface area contributed by atoms with E-state index < -0.39 is 0 Å². The zero-order chi connectivity index (χ0) is 15.5. The molecule has 7 heteroatoms. The summed E-state index contributed by atoms with van der Waals surface area (Å²) in [5, 5.41) is 1.28. The highest BCUT2D eigenvalue weighted by Crippen LogP contribution is 2.29. The molecule has 0 saturated carbocycles. The number of rotatable bonds is 5. The fraction of sp³-hybridized carbons (Fsp3) is 0.533. The molecule has 1 aromatic rings. The predicted octanol–water partition coefficient (Wildman–Crippen LogP) is 3.85. The second-order valence-corrected chi connectivity index (χ2v) is 7.64. The van der Waals surface area contributed by atoms with E-state index in [-0.39, 0.29) is 23.7 Å². The van der Waals surface area contributed by atoms with E-state index in [0.29, 0.717) is 28.1 Å². The van der Waals surface area contributed by atoms with Gasteiger partial charge in [-0.3, -0.25) is 4.79 Å². The third-order valence-electron chi connectivity index (χ3n) is 3.90. The topological polar surface area (TPSA) is 46.3 Å². The summed E-state index contributed by atoms with van der Waals surface area (Å²) >= 11 is 13.6. The Kier molecular flexibility index (Phi) is 7.83. The Morgan fingerprint density at radius 3 is 2.77 bits per heavy atom. The lowest BCUT2D eigenvalue weighted by atomic mass is 9.90. The van der Waals surface area contributed by atoms with Crippen molar-refractivity contribution in [2.45, 2.75) is 19.1 Å². The zero-order valence-electron chi connectivity index (χ0n) is 12.5. The number of benzene rings is 1. The first-order valence-corrected chi connectivity index (χ1v) is 8.84. The molecule has 0 radical (unpaired) electrons. The standard InChI is InChI=1S/C15H20Cl2N2OS.ClH/c1-15(9-18)4-5-19(10-15)14(20)8-21-7-11-2-3-12(16)6-13(11)17;/h2-3,6H,4-5,7-10,18H2,1H3;1H. The minimum absolute atomic E-state index is 0. The molecule has 3 nitrogen and oxygen atoms in total. The maximum atomic E-state index is 12.2. The second-order valence-electron chi connectivity index (χ2n) is 5.81. The number of likely N-dealkylation sites (tertiary alicyclic amines) is 1. The van der Waals surface area contributed by atoms with Crippen LogP contribution in [0.25, 0.3) is 0 Å². The number of amides is 1. The molecule has 22 heavy (non-hydrogen) atoms. The van der Waals surface area contributed by atoms with Gasteiger partial charge in [-0.05, 0) is 36.1 Å². The molecule has 1 heterocycles. The van der Waals surface area contributed by atoms with Gasteiger partial charge in [-0.15, -0.1) is 24.2 Å². The lowest BCUT2D eigenvalue weighted by Gasteiger charge is -2.22. The van der Waals surface area contributed by atoms with Crippen molar-refractivity contribution in [2.24, 2.45) is 11.1 Å². The Morgan fingerprint density at radius 2 is 2.18 bits per heavy atom. The van der Waals surface area contributed by atoms with Crippen LogP contribution < -0.4 is 5.73 Å². The summed E-state index contributed by atoms with van der Waals surface area (Å²) < 4.78 is 0. The zero-order valence-corrected chi connectivity index (χ0v) is 15.6. The lowest BCUT2D eigenvalue weighted by Crippen LogP contribution is -2.35. The van der Waals surface area contributed by atoms with Gasteiger partial charge in [0.2, 0.25) is 5.91 Å². The molecule has 0 aromatic heterocycles. The number of halogens is 3. The first kappa shape index (κ1) is 19.9. The molecule has 0 bridgehead atoms. The average molecular weight is 384 g/mol. The van der Waals surface area contributed by atoms with Crippen LogP contribution in [0.1, 0.15) is 18.9 Å². The number of carbonyl (C=O) groups is 1. The van der Waals surface area contributed by atoms with E-state index >= 15 is 0 Å². The minimum atomic E-state index is 0. The van der Waals surface area contributed by atoms with Gasteiger partial charge in [0, 0.05) is 28.9 Å². The smallest absolute Gasteiger partial charge is 0.232 e. The van der Waals surface area contributed by atoms with Crippen LogP contribution in [0.15, 0.2) is 18.2 Å². The number of hydrogen-bond acceptors (Lipinski definition) is 3. The van der Waals surface area contributed by atoms with Crippen molar-refractivity contribution in [3.8, 4) is 0 Å². The Bertz CT molecular complexity index is 530. The summed E-state index contributed by atoms with van der Waals surface area (Å²) in [6, 6.07) is 5.45. The molecule has 1 saturated heterocycles. The summed E-state index contributed by atoms with van der Waals surface area (Å²) in [7, 11) is 0. The van der Waals surface area contributed by atoms with E-state index in [4.69, 9.17) is 28.9 Å². The Hall–Kier alpha value is -0.130. The third-order valence-corrected chi connectivity index (χ3v) is 5.45. The van der Waals surface area contributed by atoms with Gasteiger partial charge in [0.05, 0.1) is 5.75 Å². The molecular formula is C15H21Cl3N2OS. The fourth-order valence-electron chi connectivity index (χ4n) is 2.38. The summed E-state index contributed by atoms with van der Waals surface area (Å²) in [6.07, 6.45) is 0.989. The number of nitrogens with zero attached hydrogens (tertiary/aromatic N) is 1. The quantitative estimate of drug-likeness (QED) is 0.840. The molecular weight excluding hydrogens is 363 g/mol. The molecule has 0 aliphatic carbocycles. The monoisotopic (exact) mass is 382 g/mol. The number of hydrogen-bond donors (Lipinski definition) is 1. The van der Waals surface area contributed by atoms with Crippen molar-refractivity contribution in [3.63, 3.8) is 0 Å². The van der Waals surface area contributed by atoms with Gasteiger partial charge in [-0.25, -0.2) is 0 Å². The van der Waals surface area contributed by atoms with Crippen LogP contribution in [-0.4, -0.2) is 36.2 Å². The fourth-order valence-corrected chi connectivity index (χ4v) is 3.87. The summed E-state index contributed by atoms with van der Waals surface area (Å²) in [6.45, 7) is 4.35. The van der Waals surface area contributed by atoms with Gasteiger partial charge in [-0.2, -0.15) is 0 Å². The van der Waals surface area contributed by atoms with Crippen LogP contribution in [0.3, 0.4) is 0 Å². The molecule has 124 valence electrons. The molecule has 2 N–H and O–H groups in total. The average Bonchev–Trinajstić information content (AvgIpc) is 2.85. The largest absolute Gasteiger partial charge is 0.341 e. The molecule has 1 aliphatic heterocycles. The SMILES string of the molecule is CC1(CN)CCN(C(=O)CSCc2ccc(Cl)cc2Cl)C1.Cl. The highest BCUT2D eigenvalue weighted by molar-refractivity contribution is 7.99. The van der Waals surface area contributed by atoms with Crippen molar-refractivity contribution in [3.05, 3.63) is 33.8 Å². The molecule has 1 atom stereocenters. The Morgan fingerprint density at radius 1 is 1.45 bits per heavy atom. The minimum Gasteiger partial charge on any atom is -0.341 e. The van der Waals surface area contributed by atoms with Crippen molar-refractivity contribution in [1.29, 1.82) is 0 Å². The van der Waals surface area contributed by atoms with Gasteiger partial charge in [-0.1, -0.05) is 36.2 Å². The first-order valence-electron chi connectivity index (χ1n) is 6.93. The molecule has 1 aromatic carbocycles. The first-order chi connectivity index (χ1) is 9.93. The van der Waals surface area contributed by atoms with Crippen molar-refractivity contribution in [2.75, 3.05) is 25.4 Å². The van der Waals surface area contributed by atoms with Crippen LogP contribution in [0.4, 0.5) is 0 Å². The molecule has 1 unspecified atom stereocenters. The van der Waals surface area contributed by atoms with Crippen LogP contribution in [-0.2, 0) is 10.5 Å². The van der Waals surface area contributed by atoms with Crippen LogP contribution >= 0.6 is 47.4 Å². The summed E-state index contributed by atoms with van der Waals surface area (Å²) in [5.41, 5.74) is 6.86. The van der Waals surface area contributed by atoms with Crippen LogP contribution in [0, 0.1) is 5.41 Å². The highest BCUT2D eigenvalue weighted by atomic mass is 35.5. The lowest BCUT2D eigenvalue weighted by molar-refractivity contribution is -0.127. The molecule has 1 fully saturated rings. The Balaban J connectivity index is 0.00000242. The van der Waals surface area contributed by atoms with Gasteiger partial charge >= 0.3 is 0 Å². The van der Waals surface area contributed by atoms with E-state index in [1.165, 1.54) is 0 Å². The van der Waals surface area contributed by atoms with E-state index in [1.807, 2.05) is 17.0 Å². The number of carbonyl (C=O) groups excluding carboxylic acids is 1. The second kappa shape index (κ2) is 8.65. The summed E-state index contributed by atoms with van der Waals surface area (Å²) in [4.78, 5) is 14.1. The summed E-state index contributed by atoms with van der Waals surface area (Å²) in [5.74, 6) is 1.37. The van der Waals surface area contributed by atoms with Gasteiger partial charge in [0.15, 0.2) is 0 Å². The molecule has 1 aliphatic rings. The van der Waals surface area contributed by atoms with Crippen LogP contribution in [0.2, 0.25) is 10.0 Å². The maximum absolute atomic E-state index is 12.2. The normalized spacial score (nSPS) is 20.8. The highest BCUT2D eigenvalue weighted by Gasteiger charge is 2.34. The van der Waals surface area contributed by atoms with Gasteiger partial charge in [0.1, 0.15) is 0 Å². The number of thioether (sulfide) groups is 1. The molecule has 1 amide bonds. The van der Waals surface area contributed by atoms with Crippen molar-refractivity contribution < 1.29 is 4.79 Å². The van der Waals surface area contributed by atoms with Gasteiger partial charge < -0.3 is 10.6 Å².